The zero-order valence-corrected chi connectivity index (χ0v) is 11.1. The lowest BCUT2D eigenvalue weighted by atomic mass is 10.1. The monoisotopic (exact) mass is 263 g/mol. The first-order valence-corrected chi connectivity index (χ1v) is 6.56. The van der Waals surface area contributed by atoms with Gasteiger partial charge >= 0.3 is 0 Å². The summed E-state index contributed by atoms with van der Waals surface area (Å²) in [5, 5.41) is 4.75. The van der Waals surface area contributed by atoms with E-state index in [4.69, 9.17) is 0 Å². The van der Waals surface area contributed by atoms with Gasteiger partial charge in [-0.05, 0) is 37.4 Å². The van der Waals surface area contributed by atoms with E-state index >= 15 is 0 Å². The molecule has 1 amide bonds. The molecule has 2 aromatic rings. The Hall–Kier alpha value is -1.68. The predicted octanol–water partition coefficient (Wildman–Crippen LogP) is 3.69. The highest BCUT2D eigenvalue weighted by molar-refractivity contribution is 7.10. The molecule has 1 unspecified atom stereocenters. The number of amides is 1. The number of benzene rings is 1. The van der Waals surface area contributed by atoms with Gasteiger partial charge in [0.25, 0.3) is 5.91 Å². The van der Waals surface area contributed by atoms with Gasteiger partial charge < -0.3 is 5.32 Å². The lowest BCUT2D eigenvalue weighted by Gasteiger charge is -2.12. The highest BCUT2D eigenvalue weighted by Crippen LogP contribution is 2.19. The molecule has 94 valence electrons. The Labute approximate surface area is 109 Å². The Kier molecular flexibility index (Phi) is 3.77. The number of thiophene rings is 1. The van der Waals surface area contributed by atoms with Crippen LogP contribution in [-0.2, 0) is 0 Å². The molecule has 0 aliphatic heterocycles. The van der Waals surface area contributed by atoms with Crippen molar-refractivity contribution in [2.75, 3.05) is 0 Å². The van der Waals surface area contributed by atoms with E-state index in [0.29, 0.717) is 0 Å². The molecule has 1 heterocycles. The van der Waals surface area contributed by atoms with Crippen LogP contribution in [0.2, 0.25) is 0 Å². The minimum atomic E-state index is -0.489. The number of hydrogen-bond donors (Lipinski definition) is 1. The number of halogens is 1. The van der Waals surface area contributed by atoms with Crippen molar-refractivity contribution in [2.45, 2.75) is 19.9 Å². The van der Waals surface area contributed by atoms with Crippen molar-refractivity contribution in [1.82, 2.24) is 5.32 Å². The van der Waals surface area contributed by atoms with Crippen LogP contribution in [0.4, 0.5) is 4.39 Å². The average Bonchev–Trinajstić information content (AvgIpc) is 2.85. The van der Waals surface area contributed by atoms with E-state index in [0.717, 1.165) is 10.4 Å². The number of rotatable bonds is 3. The van der Waals surface area contributed by atoms with E-state index in [1.807, 2.05) is 31.4 Å². The van der Waals surface area contributed by atoms with E-state index < -0.39 is 5.82 Å². The van der Waals surface area contributed by atoms with Gasteiger partial charge in [-0.25, -0.2) is 4.39 Å². The van der Waals surface area contributed by atoms with E-state index in [1.165, 1.54) is 6.07 Å². The highest BCUT2D eigenvalue weighted by atomic mass is 32.1. The maximum absolute atomic E-state index is 13.6. The number of carbonyl (C=O) groups excluding carboxylic acids is 1. The molecular weight excluding hydrogens is 249 g/mol. The lowest BCUT2D eigenvalue weighted by Crippen LogP contribution is -2.27. The van der Waals surface area contributed by atoms with Crippen LogP contribution < -0.4 is 5.32 Å². The molecule has 1 atom stereocenters. The summed E-state index contributed by atoms with van der Waals surface area (Å²) >= 11 is 1.57. The molecule has 2 rings (SSSR count). The van der Waals surface area contributed by atoms with E-state index in [1.54, 1.807) is 23.5 Å². The van der Waals surface area contributed by atoms with Crippen LogP contribution in [-0.4, -0.2) is 5.91 Å². The van der Waals surface area contributed by atoms with Crippen LogP contribution in [0.25, 0.3) is 0 Å². The fourth-order valence-electron chi connectivity index (χ4n) is 1.70. The third-order valence-electron chi connectivity index (χ3n) is 2.68. The second-order valence-corrected chi connectivity index (χ2v) is 5.17. The Morgan fingerprint density at radius 3 is 2.83 bits per heavy atom. The van der Waals surface area contributed by atoms with Gasteiger partial charge in [0.2, 0.25) is 0 Å². The minimum Gasteiger partial charge on any atom is -0.345 e. The molecule has 1 aromatic carbocycles. The Bertz CT molecular complexity index is 551. The Morgan fingerprint density at radius 2 is 2.17 bits per heavy atom. The molecule has 0 saturated carbocycles. The van der Waals surface area contributed by atoms with E-state index in [9.17, 15) is 9.18 Å². The zero-order chi connectivity index (χ0) is 13.1. The molecule has 0 saturated heterocycles. The first-order valence-electron chi connectivity index (χ1n) is 5.68. The quantitative estimate of drug-likeness (QED) is 0.899. The SMILES string of the molecule is Cc1ccc(F)c(C(=O)NC(C)c2cccs2)c1. The summed E-state index contributed by atoms with van der Waals surface area (Å²) in [5.41, 5.74) is 0.962. The largest absolute Gasteiger partial charge is 0.345 e. The van der Waals surface area contributed by atoms with Crippen molar-refractivity contribution < 1.29 is 9.18 Å². The Morgan fingerprint density at radius 1 is 1.39 bits per heavy atom. The van der Waals surface area contributed by atoms with Gasteiger partial charge in [-0.3, -0.25) is 4.79 Å². The van der Waals surface area contributed by atoms with Gasteiger partial charge in [0.05, 0.1) is 11.6 Å². The average molecular weight is 263 g/mol. The van der Waals surface area contributed by atoms with Crippen molar-refractivity contribution in [3.05, 3.63) is 57.5 Å². The standard InChI is InChI=1S/C14H14FNOS/c1-9-5-6-12(15)11(8-9)14(17)16-10(2)13-4-3-7-18-13/h3-8,10H,1-2H3,(H,16,17). The summed E-state index contributed by atoms with van der Waals surface area (Å²) < 4.78 is 13.6. The number of carbonyl (C=O) groups is 1. The van der Waals surface area contributed by atoms with E-state index in [-0.39, 0.29) is 17.5 Å². The minimum absolute atomic E-state index is 0.0957. The van der Waals surface area contributed by atoms with Gasteiger partial charge in [-0.15, -0.1) is 11.3 Å². The van der Waals surface area contributed by atoms with Crippen LogP contribution in [0.1, 0.15) is 33.8 Å². The van der Waals surface area contributed by atoms with Crippen LogP contribution in [0, 0.1) is 12.7 Å². The Balaban J connectivity index is 2.15. The third-order valence-corrected chi connectivity index (χ3v) is 3.74. The second kappa shape index (κ2) is 5.31. The summed E-state index contributed by atoms with van der Waals surface area (Å²) in [6, 6.07) is 8.29. The van der Waals surface area contributed by atoms with Gasteiger partial charge in [0, 0.05) is 4.88 Å². The maximum Gasteiger partial charge on any atom is 0.254 e. The molecule has 18 heavy (non-hydrogen) atoms. The van der Waals surface area contributed by atoms with Crippen molar-refractivity contribution >= 4 is 17.2 Å². The molecule has 0 spiro atoms. The third kappa shape index (κ3) is 2.76. The van der Waals surface area contributed by atoms with Gasteiger partial charge in [-0.1, -0.05) is 17.7 Å². The van der Waals surface area contributed by atoms with Crippen LogP contribution >= 0.6 is 11.3 Å². The molecular formula is C14H14FNOS. The number of nitrogens with one attached hydrogen (secondary N) is 1. The molecule has 1 N–H and O–H groups in total. The molecule has 0 aliphatic carbocycles. The zero-order valence-electron chi connectivity index (χ0n) is 10.2. The first-order chi connectivity index (χ1) is 8.58. The fraction of sp³-hybridized carbons (Fsp3) is 0.214. The van der Waals surface area contributed by atoms with Gasteiger partial charge in [0.15, 0.2) is 0 Å². The molecule has 0 bridgehead atoms. The molecule has 0 fully saturated rings. The summed E-state index contributed by atoms with van der Waals surface area (Å²) in [7, 11) is 0. The van der Waals surface area contributed by atoms with Crippen molar-refractivity contribution in [1.29, 1.82) is 0 Å². The summed E-state index contributed by atoms with van der Waals surface area (Å²) in [4.78, 5) is 13.0. The smallest absolute Gasteiger partial charge is 0.254 e. The summed E-state index contributed by atoms with van der Waals surface area (Å²) in [5.74, 6) is -0.867. The molecule has 2 nitrogen and oxygen atoms in total. The normalized spacial score (nSPS) is 12.2. The van der Waals surface area contributed by atoms with Crippen LogP contribution in [0.3, 0.4) is 0 Å². The predicted molar refractivity (Wildman–Crippen MR) is 71.3 cm³/mol. The summed E-state index contributed by atoms with van der Waals surface area (Å²) in [6.45, 7) is 3.72. The first kappa shape index (κ1) is 12.8. The molecule has 0 aliphatic rings. The van der Waals surface area contributed by atoms with Crippen molar-refractivity contribution in [2.24, 2.45) is 0 Å². The topological polar surface area (TPSA) is 29.1 Å². The highest BCUT2D eigenvalue weighted by Gasteiger charge is 2.15. The van der Waals surface area contributed by atoms with Crippen molar-refractivity contribution in [3.63, 3.8) is 0 Å². The number of hydrogen-bond acceptors (Lipinski definition) is 2. The van der Waals surface area contributed by atoms with E-state index in [2.05, 4.69) is 5.32 Å². The molecule has 1 aromatic heterocycles. The van der Waals surface area contributed by atoms with Crippen LogP contribution in [0.15, 0.2) is 35.7 Å². The molecule has 4 heteroatoms. The lowest BCUT2D eigenvalue weighted by molar-refractivity contribution is 0.0936. The van der Waals surface area contributed by atoms with Gasteiger partial charge in [0.1, 0.15) is 5.82 Å². The van der Waals surface area contributed by atoms with Crippen molar-refractivity contribution in [3.8, 4) is 0 Å². The van der Waals surface area contributed by atoms with Gasteiger partial charge in [-0.2, -0.15) is 0 Å². The molecule has 0 radical (unpaired) electrons. The fourth-order valence-corrected chi connectivity index (χ4v) is 2.43. The number of aryl methyl sites for hydroxylation is 1. The van der Waals surface area contributed by atoms with Crippen LogP contribution in [0.5, 0.6) is 0 Å². The second-order valence-electron chi connectivity index (χ2n) is 4.19. The maximum atomic E-state index is 13.6. The summed E-state index contributed by atoms with van der Waals surface area (Å²) in [6.07, 6.45) is 0.